The molecule has 0 saturated carbocycles. The van der Waals surface area contributed by atoms with E-state index in [0.29, 0.717) is 11.0 Å². The molecule has 0 saturated heterocycles. The molecule has 1 aromatic carbocycles. The lowest BCUT2D eigenvalue weighted by Crippen LogP contribution is -2.13. The van der Waals surface area contributed by atoms with Crippen LogP contribution < -0.4 is 0 Å². The van der Waals surface area contributed by atoms with Gasteiger partial charge in [-0.3, -0.25) is 0 Å². The quantitative estimate of drug-likeness (QED) is 0.438. The van der Waals surface area contributed by atoms with E-state index >= 15 is 0 Å². The van der Waals surface area contributed by atoms with Gasteiger partial charge < -0.3 is 0 Å². The molecule has 1 heterocycles. The summed E-state index contributed by atoms with van der Waals surface area (Å²) < 4.78 is 37.1. The summed E-state index contributed by atoms with van der Waals surface area (Å²) in [4.78, 5) is 1.46. The molecule has 0 amide bonds. The van der Waals surface area contributed by atoms with Crippen LogP contribution >= 0.6 is 11.3 Å². The number of hydrogen-bond acceptors (Lipinski definition) is 1. The predicted octanol–water partition coefficient (Wildman–Crippen LogP) is 8.07. The Kier molecular flexibility index (Phi) is 8.93. The van der Waals surface area contributed by atoms with Crippen molar-refractivity contribution in [2.75, 3.05) is 0 Å². The zero-order valence-corrected chi connectivity index (χ0v) is 17.4. The van der Waals surface area contributed by atoms with E-state index in [1.807, 2.05) is 46.0 Å². The van der Waals surface area contributed by atoms with Gasteiger partial charge in [0, 0.05) is 4.88 Å². The predicted molar refractivity (Wildman–Crippen MR) is 105 cm³/mol. The van der Waals surface area contributed by atoms with Gasteiger partial charge in [0.15, 0.2) is 0 Å². The largest absolute Gasteiger partial charge is 0.416 e. The Morgan fingerprint density at radius 2 is 1.24 bits per heavy atom. The molecule has 0 nitrogen and oxygen atoms in total. The lowest BCUT2D eigenvalue weighted by atomic mass is 9.86. The number of alkyl halides is 3. The van der Waals surface area contributed by atoms with Gasteiger partial charge in [0.2, 0.25) is 0 Å². The number of hydrogen-bond donors (Lipinski definition) is 0. The van der Waals surface area contributed by atoms with Crippen molar-refractivity contribution in [3.63, 3.8) is 0 Å². The molecule has 142 valence electrons. The first kappa shape index (κ1) is 23.7. The average Bonchev–Trinajstić information content (AvgIpc) is 3.03. The molecule has 0 bridgehead atoms. The second-order valence-corrected chi connectivity index (χ2v) is 8.50. The highest BCUT2D eigenvalue weighted by Crippen LogP contribution is 2.32. The summed E-state index contributed by atoms with van der Waals surface area (Å²) in [5.74, 6) is 0. The summed E-state index contributed by atoms with van der Waals surface area (Å²) in [6.07, 6.45) is -4.25. The molecule has 0 radical (unpaired) electrons. The summed E-state index contributed by atoms with van der Waals surface area (Å²) in [5, 5.41) is 2.13. The smallest absolute Gasteiger partial charge is 0.166 e. The summed E-state index contributed by atoms with van der Waals surface area (Å²) in [5.41, 5.74) is 0.215. The molecule has 1 aromatic heterocycles. The van der Waals surface area contributed by atoms with E-state index in [9.17, 15) is 13.2 Å². The zero-order valence-electron chi connectivity index (χ0n) is 16.6. The van der Waals surface area contributed by atoms with E-state index in [0.717, 1.165) is 6.07 Å². The fourth-order valence-corrected chi connectivity index (χ4v) is 2.68. The maximum Gasteiger partial charge on any atom is 0.416 e. The Hall–Kier alpha value is -1.29. The first-order valence-electron chi connectivity index (χ1n) is 8.53. The monoisotopic (exact) mass is 372 g/mol. The van der Waals surface area contributed by atoms with E-state index in [1.54, 1.807) is 6.07 Å². The lowest BCUT2D eigenvalue weighted by molar-refractivity contribution is -0.137. The third kappa shape index (κ3) is 8.57. The Morgan fingerprint density at radius 1 is 0.720 bits per heavy atom. The zero-order chi connectivity index (χ0) is 19.9. The Morgan fingerprint density at radius 3 is 1.56 bits per heavy atom. The Bertz CT molecular complexity index is 568. The van der Waals surface area contributed by atoms with E-state index in [-0.39, 0.29) is 5.41 Å². The van der Waals surface area contributed by atoms with Gasteiger partial charge >= 0.3 is 6.18 Å². The van der Waals surface area contributed by atoms with Crippen LogP contribution in [-0.2, 0) is 17.0 Å². The molecule has 0 aliphatic rings. The maximum atomic E-state index is 12.4. The molecule has 0 aliphatic carbocycles. The summed E-state index contributed by atoms with van der Waals surface area (Å²) >= 11 is 1.83. The highest BCUT2D eigenvalue weighted by Gasteiger charge is 2.31. The van der Waals surface area contributed by atoms with Crippen LogP contribution in [0.25, 0.3) is 0 Å². The number of benzene rings is 1. The minimum atomic E-state index is -4.25. The third-order valence-corrected chi connectivity index (χ3v) is 4.61. The minimum absolute atomic E-state index is 0.249. The van der Waals surface area contributed by atoms with Gasteiger partial charge in [-0.05, 0) is 33.9 Å². The highest BCUT2D eigenvalue weighted by atomic mass is 32.1. The average molecular weight is 373 g/mol. The summed E-state index contributed by atoms with van der Waals surface area (Å²) in [6.45, 7) is 16.4. The van der Waals surface area contributed by atoms with Crippen molar-refractivity contribution < 1.29 is 13.2 Å². The minimum Gasteiger partial charge on any atom is -0.166 e. The van der Waals surface area contributed by atoms with E-state index in [1.165, 1.54) is 17.0 Å². The van der Waals surface area contributed by atoms with Crippen LogP contribution in [0, 0.1) is 0 Å². The van der Waals surface area contributed by atoms with Crippen LogP contribution in [-0.4, -0.2) is 0 Å². The van der Waals surface area contributed by atoms with Crippen molar-refractivity contribution in [2.24, 2.45) is 0 Å². The second kappa shape index (κ2) is 9.42. The van der Waals surface area contributed by atoms with Crippen molar-refractivity contribution >= 4 is 11.3 Å². The van der Waals surface area contributed by atoms with Gasteiger partial charge in [0.25, 0.3) is 0 Å². The molecule has 25 heavy (non-hydrogen) atoms. The first-order valence-corrected chi connectivity index (χ1v) is 9.41. The number of thiophene rings is 1. The van der Waals surface area contributed by atoms with Crippen LogP contribution in [0.4, 0.5) is 13.2 Å². The highest BCUT2D eigenvalue weighted by molar-refractivity contribution is 7.10. The fourth-order valence-electron chi connectivity index (χ4n) is 1.87. The number of halogens is 3. The molecular weight excluding hydrogens is 341 g/mol. The van der Waals surface area contributed by atoms with Crippen molar-refractivity contribution in [3.05, 3.63) is 57.8 Å². The van der Waals surface area contributed by atoms with Gasteiger partial charge in [-0.2, -0.15) is 13.2 Å². The van der Waals surface area contributed by atoms with Crippen molar-refractivity contribution in [3.8, 4) is 0 Å². The SMILES string of the molecule is CC.CC(C)(C)c1cccc(C(F)(F)F)c1.CC(C)(C)c1cccs1. The molecule has 2 rings (SSSR count). The molecule has 0 spiro atoms. The molecule has 0 aliphatic heterocycles. The number of rotatable bonds is 0. The van der Waals surface area contributed by atoms with Crippen molar-refractivity contribution in [1.29, 1.82) is 0 Å². The maximum absolute atomic E-state index is 12.4. The van der Waals surface area contributed by atoms with E-state index in [4.69, 9.17) is 0 Å². The Balaban J connectivity index is 0.000000451. The molecule has 0 atom stereocenters. The topological polar surface area (TPSA) is 0 Å². The molecule has 4 heteroatoms. The molecular formula is C21H31F3S. The molecule has 0 fully saturated rings. The molecule has 0 N–H and O–H groups in total. The standard InChI is InChI=1S/C11H13F3.C8H12S.C2H6/c1-10(2,3)8-5-4-6-9(7-8)11(12,13)14;1-8(2,3)7-5-4-6-9-7;1-2/h4-7H,1-3H3;4-6H,1-3H3;1-2H3. The Labute approximate surface area is 155 Å². The van der Waals surface area contributed by atoms with Gasteiger partial charge in [-0.1, -0.05) is 79.7 Å². The van der Waals surface area contributed by atoms with Gasteiger partial charge in [-0.15, -0.1) is 11.3 Å². The van der Waals surface area contributed by atoms with Crippen molar-refractivity contribution in [2.45, 2.75) is 72.4 Å². The van der Waals surface area contributed by atoms with Crippen LogP contribution in [0.1, 0.15) is 71.4 Å². The third-order valence-electron chi connectivity index (χ3n) is 3.32. The molecule has 0 unspecified atom stereocenters. The van der Waals surface area contributed by atoms with Crippen molar-refractivity contribution in [1.82, 2.24) is 0 Å². The molecule has 2 aromatic rings. The van der Waals surface area contributed by atoms with Crippen LogP contribution in [0.15, 0.2) is 41.8 Å². The van der Waals surface area contributed by atoms with E-state index < -0.39 is 11.7 Å². The summed E-state index contributed by atoms with van der Waals surface area (Å²) in [7, 11) is 0. The normalized spacial score (nSPS) is 11.8. The second-order valence-electron chi connectivity index (χ2n) is 7.56. The first-order chi connectivity index (χ1) is 11.3. The van der Waals surface area contributed by atoms with Crippen LogP contribution in [0.2, 0.25) is 0 Å². The van der Waals surface area contributed by atoms with Gasteiger partial charge in [-0.25, -0.2) is 0 Å². The van der Waals surface area contributed by atoms with Gasteiger partial charge in [0.1, 0.15) is 0 Å². The summed E-state index contributed by atoms with van der Waals surface area (Å²) in [6, 6.07) is 9.75. The van der Waals surface area contributed by atoms with Crippen LogP contribution in [0.5, 0.6) is 0 Å². The van der Waals surface area contributed by atoms with Gasteiger partial charge in [0.05, 0.1) is 5.56 Å². The fraction of sp³-hybridized carbons (Fsp3) is 0.524. The lowest BCUT2D eigenvalue weighted by Gasteiger charge is -2.20. The van der Waals surface area contributed by atoms with E-state index in [2.05, 4.69) is 38.3 Å². The van der Waals surface area contributed by atoms with Crippen LogP contribution in [0.3, 0.4) is 0 Å².